The molecule has 0 bridgehead atoms. The zero-order chi connectivity index (χ0) is 12.0. The Morgan fingerprint density at radius 3 is 2.65 bits per heavy atom. The van der Waals surface area contributed by atoms with E-state index in [9.17, 15) is 9.90 Å². The first-order valence-corrected chi connectivity index (χ1v) is 5.11. The van der Waals surface area contributed by atoms with Gasteiger partial charge in [0.1, 0.15) is 11.2 Å². The van der Waals surface area contributed by atoms with Crippen LogP contribution in [-0.4, -0.2) is 11.1 Å². The van der Waals surface area contributed by atoms with E-state index < -0.39 is 5.97 Å². The normalized spacial score (nSPS) is 11.1. The summed E-state index contributed by atoms with van der Waals surface area (Å²) in [4.78, 5) is 11.3. The van der Waals surface area contributed by atoms with Gasteiger partial charge in [-0.2, -0.15) is 0 Å². The quantitative estimate of drug-likeness (QED) is 0.626. The van der Waals surface area contributed by atoms with E-state index in [1.807, 2.05) is 18.2 Å². The van der Waals surface area contributed by atoms with Crippen LogP contribution in [0.3, 0.4) is 0 Å². The monoisotopic (exact) mass is 227 g/mol. The van der Waals surface area contributed by atoms with Gasteiger partial charge in [0.25, 0.3) is 0 Å². The number of carbonyl (C=O) groups is 1. The number of fused-ring (bicyclic) bond motifs is 3. The predicted molar refractivity (Wildman–Crippen MR) is 65.1 cm³/mol. The molecule has 0 amide bonds. The largest absolute Gasteiger partial charge is 0.478 e. The Labute approximate surface area is 96.2 Å². The van der Waals surface area contributed by atoms with Crippen molar-refractivity contribution in [2.45, 2.75) is 0 Å². The molecule has 0 spiro atoms. The van der Waals surface area contributed by atoms with Crippen LogP contribution in [0.4, 0.5) is 5.69 Å². The van der Waals surface area contributed by atoms with E-state index in [1.165, 1.54) is 0 Å². The topological polar surface area (TPSA) is 76.5 Å². The number of nitrogens with two attached hydrogens (primary N) is 1. The minimum Gasteiger partial charge on any atom is -0.478 e. The minimum atomic E-state index is -1.04. The summed E-state index contributed by atoms with van der Waals surface area (Å²) in [6.07, 6.45) is 0. The molecule has 0 aliphatic carbocycles. The Hall–Kier alpha value is -2.49. The van der Waals surface area contributed by atoms with Crippen LogP contribution in [0.1, 0.15) is 10.4 Å². The van der Waals surface area contributed by atoms with E-state index in [1.54, 1.807) is 18.2 Å². The molecule has 0 unspecified atom stereocenters. The van der Waals surface area contributed by atoms with E-state index in [4.69, 9.17) is 10.2 Å². The van der Waals surface area contributed by atoms with Crippen LogP contribution in [0.2, 0.25) is 0 Å². The first-order chi connectivity index (χ1) is 8.18. The van der Waals surface area contributed by atoms with Crippen LogP contribution >= 0.6 is 0 Å². The molecule has 1 aromatic heterocycles. The number of anilines is 1. The molecular formula is C13H9NO3. The molecule has 0 aliphatic heterocycles. The van der Waals surface area contributed by atoms with Crippen LogP contribution in [0.5, 0.6) is 0 Å². The Kier molecular flexibility index (Phi) is 1.86. The van der Waals surface area contributed by atoms with Crippen molar-refractivity contribution in [3.8, 4) is 0 Å². The van der Waals surface area contributed by atoms with Gasteiger partial charge in [0.15, 0.2) is 0 Å². The maximum absolute atomic E-state index is 11.3. The summed E-state index contributed by atoms with van der Waals surface area (Å²) in [5.74, 6) is -1.04. The standard InChI is InChI=1S/C13H9NO3/c14-8-5-6-10-11(12(8)13(15)16)7-3-1-2-4-9(7)17-10/h1-6H,14H2,(H,15,16). The Bertz CT molecular complexity index is 743. The lowest BCUT2D eigenvalue weighted by Gasteiger charge is -2.01. The molecule has 0 radical (unpaired) electrons. The molecule has 0 fully saturated rings. The van der Waals surface area contributed by atoms with Gasteiger partial charge < -0.3 is 15.3 Å². The molecule has 17 heavy (non-hydrogen) atoms. The lowest BCUT2D eigenvalue weighted by molar-refractivity contribution is 0.0700. The highest BCUT2D eigenvalue weighted by molar-refractivity contribution is 6.17. The summed E-state index contributed by atoms with van der Waals surface area (Å²) < 4.78 is 5.58. The van der Waals surface area contributed by atoms with Crippen LogP contribution in [0.15, 0.2) is 40.8 Å². The fourth-order valence-corrected chi connectivity index (χ4v) is 2.06. The van der Waals surface area contributed by atoms with Crippen molar-refractivity contribution in [3.05, 3.63) is 42.0 Å². The van der Waals surface area contributed by atoms with Gasteiger partial charge in [-0.05, 0) is 18.2 Å². The summed E-state index contributed by atoms with van der Waals surface area (Å²) in [7, 11) is 0. The highest BCUT2D eigenvalue weighted by Crippen LogP contribution is 2.33. The fourth-order valence-electron chi connectivity index (χ4n) is 2.06. The second-order valence-electron chi connectivity index (χ2n) is 3.81. The van der Waals surface area contributed by atoms with Crippen molar-refractivity contribution in [1.29, 1.82) is 0 Å². The molecule has 3 N–H and O–H groups in total. The summed E-state index contributed by atoms with van der Waals surface area (Å²) in [6.45, 7) is 0. The van der Waals surface area contributed by atoms with E-state index >= 15 is 0 Å². The maximum Gasteiger partial charge on any atom is 0.338 e. The van der Waals surface area contributed by atoms with Gasteiger partial charge in [-0.15, -0.1) is 0 Å². The van der Waals surface area contributed by atoms with Crippen LogP contribution in [-0.2, 0) is 0 Å². The van der Waals surface area contributed by atoms with E-state index in [0.717, 1.165) is 5.39 Å². The smallest absolute Gasteiger partial charge is 0.338 e. The van der Waals surface area contributed by atoms with Crippen molar-refractivity contribution < 1.29 is 14.3 Å². The molecule has 1 heterocycles. The van der Waals surface area contributed by atoms with Crippen LogP contribution in [0.25, 0.3) is 21.9 Å². The zero-order valence-corrected chi connectivity index (χ0v) is 8.81. The molecule has 3 rings (SSSR count). The number of nitrogen functional groups attached to an aromatic ring is 1. The Morgan fingerprint density at radius 1 is 1.12 bits per heavy atom. The van der Waals surface area contributed by atoms with Gasteiger partial charge in [0.05, 0.1) is 5.56 Å². The lowest BCUT2D eigenvalue weighted by atomic mass is 10.0. The number of benzene rings is 2. The third kappa shape index (κ3) is 1.27. The molecular weight excluding hydrogens is 218 g/mol. The predicted octanol–water partition coefficient (Wildman–Crippen LogP) is 2.87. The first-order valence-electron chi connectivity index (χ1n) is 5.11. The van der Waals surface area contributed by atoms with Crippen molar-refractivity contribution in [2.75, 3.05) is 5.73 Å². The third-order valence-electron chi connectivity index (χ3n) is 2.79. The number of para-hydroxylation sites is 1. The van der Waals surface area contributed by atoms with E-state index in [0.29, 0.717) is 16.6 Å². The summed E-state index contributed by atoms with van der Waals surface area (Å²) in [6, 6.07) is 10.6. The number of carboxylic acid groups (broad SMARTS) is 1. The van der Waals surface area contributed by atoms with Gasteiger partial charge in [-0.3, -0.25) is 0 Å². The molecule has 0 aliphatic rings. The zero-order valence-electron chi connectivity index (χ0n) is 8.81. The van der Waals surface area contributed by atoms with Crippen molar-refractivity contribution >= 4 is 33.6 Å². The summed E-state index contributed by atoms with van der Waals surface area (Å²) in [5.41, 5.74) is 7.27. The number of hydrogen-bond acceptors (Lipinski definition) is 3. The maximum atomic E-state index is 11.3. The fraction of sp³-hybridized carbons (Fsp3) is 0. The van der Waals surface area contributed by atoms with Crippen molar-refractivity contribution in [1.82, 2.24) is 0 Å². The second-order valence-corrected chi connectivity index (χ2v) is 3.81. The average Bonchev–Trinajstić information content (AvgIpc) is 2.67. The summed E-state index contributed by atoms with van der Waals surface area (Å²) in [5, 5.41) is 10.6. The SMILES string of the molecule is Nc1ccc2oc3ccccc3c2c1C(=O)O. The molecule has 0 atom stereocenters. The number of carboxylic acids is 1. The van der Waals surface area contributed by atoms with Gasteiger partial charge in [0, 0.05) is 16.5 Å². The van der Waals surface area contributed by atoms with Gasteiger partial charge in [-0.25, -0.2) is 4.79 Å². The Morgan fingerprint density at radius 2 is 1.88 bits per heavy atom. The lowest BCUT2D eigenvalue weighted by Crippen LogP contribution is -2.02. The van der Waals surface area contributed by atoms with Crippen LogP contribution in [0, 0.1) is 0 Å². The van der Waals surface area contributed by atoms with E-state index in [2.05, 4.69) is 0 Å². The summed E-state index contributed by atoms with van der Waals surface area (Å²) >= 11 is 0. The van der Waals surface area contributed by atoms with Gasteiger partial charge >= 0.3 is 5.97 Å². The molecule has 4 heteroatoms. The molecule has 2 aromatic carbocycles. The molecule has 0 saturated carbocycles. The number of hydrogen-bond donors (Lipinski definition) is 2. The highest BCUT2D eigenvalue weighted by atomic mass is 16.4. The Balaban J connectivity index is 2.60. The van der Waals surface area contributed by atoms with E-state index in [-0.39, 0.29) is 11.3 Å². The highest BCUT2D eigenvalue weighted by Gasteiger charge is 2.17. The number of aromatic carboxylic acids is 1. The third-order valence-corrected chi connectivity index (χ3v) is 2.79. The minimum absolute atomic E-state index is 0.104. The number of furan rings is 1. The average molecular weight is 227 g/mol. The first kappa shape index (κ1) is 9.72. The molecule has 3 aromatic rings. The molecule has 84 valence electrons. The van der Waals surface area contributed by atoms with Crippen molar-refractivity contribution in [2.24, 2.45) is 0 Å². The van der Waals surface area contributed by atoms with Crippen LogP contribution < -0.4 is 5.73 Å². The van der Waals surface area contributed by atoms with Gasteiger partial charge in [-0.1, -0.05) is 18.2 Å². The molecule has 4 nitrogen and oxygen atoms in total. The second kappa shape index (κ2) is 3.25. The number of rotatable bonds is 1. The molecule has 0 saturated heterocycles. The van der Waals surface area contributed by atoms with Gasteiger partial charge in [0.2, 0.25) is 0 Å². The van der Waals surface area contributed by atoms with Crippen molar-refractivity contribution in [3.63, 3.8) is 0 Å².